The van der Waals surface area contributed by atoms with Gasteiger partial charge in [-0.25, -0.2) is 0 Å². The van der Waals surface area contributed by atoms with Crippen LogP contribution >= 0.6 is 12.4 Å². The molecule has 2 heterocycles. The number of aryl methyl sites for hydroxylation is 2. The van der Waals surface area contributed by atoms with Gasteiger partial charge in [-0.3, -0.25) is 4.90 Å². The predicted molar refractivity (Wildman–Crippen MR) is 86.8 cm³/mol. The van der Waals surface area contributed by atoms with Gasteiger partial charge in [-0.05, 0) is 43.9 Å². The Labute approximate surface area is 127 Å². The Kier molecular flexibility index (Phi) is 3.55. The number of benzene rings is 1. The van der Waals surface area contributed by atoms with Crippen molar-refractivity contribution in [3.63, 3.8) is 0 Å². The smallest absolute Gasteiger partial charge is 0.0516 e. The summed E-state index contributed by atoms with van der Waals surface area (Å²) in [4.78, 5) is 2.67. The van der Waals surface area contributed by atoms with Crippen molar-refractivity contribution in [2.45, 2.75) is 45.7 Å². The first kappa shape index (κ1) is 14.0. The molecule has 2 nitrogen and oxygen atoms in total. The van der Waals surface area contributed by atoms with Gasteiger partial charge in [-0.15, -0.1) is 12.4 Å². The maximum absolute atomic E-state index is 2.67. The molecule has 1 aromatic heterocycles. The number of hydrogen-bond acceptors (Lipinski definition) is 1. The highest BCUT2D eigenvalue weighted by Gasteiger charge is 2.34. The number of rotatable bonds is 1. The summed E-state index contributed by atoms with van der Waals surface area (Å²) in [5, 5.41) is 1.53. The second kappa shape index (κ2) is 5.09. The van der Waals surface area contributed by atoms with Gasteiger partial charge >= 0.3 is 0 Å². The van der Waals surface area contributed by atoms with Crippen molar-refractivity contribution in [3.8, 4) is 0 Å². The average Bonchev–Trinajstić information content (AvgIpc) is 2.77. The molecule has 108 valence electrons. The third-order valence-corrected chi connectivity index (χ3v) is 5.11. The van der Waals surface area contributed by atoms with Crippen LogP contribution in [0, 0.1) is 6.92 Å². The topological polar surface area (TPSA) is 8.17 Å². The normalized spacial score (nSPS) is 21.6. The van der Waals surface area contributed by atoms with Gasteiger partial charge in [0.05, 0.1) is 11.6 Å². The number of halogens is 1. The molecule has 2 aliphatic rings. The van der Waals surface area contributed by atoms with Gasteiger partial charge in [0, 0.05) is 24.2 Å². The predicted octanol–water partition coefficient (Wildman–Crippen LogP) is 4.08. The molecule has 20 heavy (non-hydrogen) atoms. The summed E-state index contributed by atoms with van der Waals surface area (Å²) in [6, 6.07) is 7.50. The lowest BCUT2D eigenvalue weighted by Crippen LogP contribution is -2.39. The quantitative estimate of drug-likeness (QED) is 0.768. The molecule has 0 amide bonds. The Hall–Kier alpha value is -0.990. The van der Waals surface area contributed by atoms with Crippen LogP contribution in [0.15, 0.2) is 18.2 Å². The second-order valence-corrected chi connectivity index (χ2v) is 6.02. The van der Waals surface area contributed by atoms with Crippen LogP contribution < -0.4 is 0 Å². The van der Waals surface area contributed by atoms with Gasteiger partial charge in [-0.2, -0.15) is 0 Å². The zero-order valence-corrected chi connectivity index (χ0v) is 13.2. The summed E-state index contributed by atoms with van der Waals surface area (Å²) in [5.41, 5.74) is 6.24. The summed E-state index contributed by atoms with van der Waals surface area (Å²) >= 11 is 0. The van der Waals surface area contributed by atoms with E-state index in [1.54, 1.807) is 11.3 Å². The fourth-order valence-corrected chi connectivity index (χ4v) is 4.29. The minimum atomic E-state index is 0. The third kappa shape index (κ3) is 1.74. The SMILES string of the molecule is CCN1CCn2c3c(c4cccc(C)c42)CCCC31.Cl. The van der Waals surface area contributed by atoms with Crippen LogP contribution in [0.5, 0.6) is 0 Å². The lowest BCUT2D eigenvalue weighted by Gasteiger charge is -2.39. The van der Waals surface area contributed by atoms with Crippen molar-refractivity contribution in [2.24, 2.45) is 0 Å². The van der Waals surface area contributed by atoms with Crippen LogP contribution in [0.1, 0.15) is 42.6 Å². The van der Waals surface area contributed by atoms with E-state index in [2.05, 4.69) is 41.5 Å². The minimum Gasteiger partial charge on any atom is -0.341 e. The second-order valence-electron chi connectivity index (χ2n) is 6.02. The van der Waals surface area contributed by atoms with E-state index in [4.69, 9.17) is 0 Å². The summed E-state index contributed by atoms with van der Waals surface area (Å²) < 4.78 is 2.63. The highest BCUT2D eigenvalue weighted by atomic mass is 35.5. The first-order chi connectivity index (χ1) is 9.31. The molecule has 0 bridgehead atoms. The summed E-state index contributed by atoms with van der Waals surface area (Å²) in [6.45, 7) is 8.13. The van der Waals surface area contributed by atoms with Crippen LogP contribution in [0.4, 0.5) is 0 Å². The van der Waals surface area contributed by atoms with E-state index in [9.17, 15) is 0 Å². The minimum absolute atomic E-state index is 0. The zero-order chi connectivity index (χ0) is 13.0. The average molecular weight is 291 g/mol. The maximum atomic E-state index is 2.67. The Morgan fingerprint density at radius 1 is 1.25 bits per heavy atom. The van der Waals surface area contributed by atoms with E-state index < -0.39 is 0 Å². The third-order valence-electron chi connectivity index (χ3n) is 5.11. The van der Waals surface area contributed by atoms with E-state index >= 15 is 0 Å². The number of fused-ring (bicyclic) bond motifs is 3. The molecule has 1 aliphatic carbocycles. The first-order valence-corrected chi connectivity index (χ1v) is 7.66. The molecule has 0 fully saturated rings. The fraction of sp³-hybridized carbons (Fsp3) is 0.529. The summed E-state index contributed by atoms with van der Waals surface area (Å²) in [7, 11) is 0. The Morgan fingerprint density at radius 3 is 2.90 bits per heavy atom. The van der Waals surface area contributed by atoms with Crippen LogP contribution in [0.25, 0.3) is 10.9 Å². The monoisotopic (exact) mass is 290 g/mol. The molecular weight excluding hydrogens is 268 g/mol. The molecule has 0 saturated carbocycles. The molecule has 0 saturated heterocycles. The molecule has 0 spiro atoms. The van der Waals surface area contributed by atoms with E-state index in [1.165, 1.54) is 55.4 Å². The van der Waals surface area contributed by atoms with Crippen molar-refractivity contribution in [1.82, 2.24) is 9.47 Å². The van der Waals surface area contributed by atoms with Gasteiger partial charge in [-0.1, -0.05) is 25.1 Å². The zero-order valence-electron chi connectivity index (χ0n) is 12.4. The molecule has 4 rings (SSSR count). The fourth-order valence-electron chi connectivity index (χ4n) is 4.29. The van der Waals surface area contributed by atoms with Crippen molar-refractivity contribution < 1.29 is 0 Å². The number of para-hydroxylation sites is 1. The van der Waals surface area contributed by atoms with E-state index in [1.807, 2.05) is 0 Å². The largest absolute Gasteiger partial charge is 0.341 e. The van der Waals surface area contributed by atoms with Crippen molar-refractivity contribution in [2.75, 3.05) is 13.1 Å². The van der Waals surface area contributed by atoms with Crippen molar-refractivity contribution >= 4 is 23.3 Å². The molecule has 1 atom stereocenters. The van der Waals surface area contributed by atoms with Crippen LogP contribution in [0.3, 0.4) is 0 Å². The number of nitrogens with zero attached hydrogens (tertiary/aromatic N) is 2. The maximum Gasteiger partial charge on any atom is 0.0516 e. The highest BCUT2D eigenvalue weighted by molar-refractivity contribution is 5.88. The molecular formula is C17H23ClN2. The highest BCUT2D eigenvalue weighted by Crippen LogP contribution is 2.42. The van der Waals surface area contributed by atoms with Gasteiger partial charge in [0.25, 0.3) is 0 Å². The van der Waals surface area contributed by atoms with Crippen molar-refractivity contribution in [3.05, 3.63) is 35.0 Å². The Bertz CT molecular complexity index is 644. The van der Waals surface area contributed by atoms with Crippen LogP contribution in [0.2, 0.25) is 0 Å². The number of likely N-dealkylation sites (N-methyl/N-ethyl adjacent to an activating group) is 1. The number of hydrogen-bond donors (Lipinski definition) is 0. The van der Waals surface area contributed by atoms with E-state index in [0.717, 1.165) is 0 Å². The Morgan fingerprint density at radius 2 is 2.10 bits per heavy atom. The van der Waals surface area contributed by atoms with E-state index in [-0.39, 0.29) is 12.4 Å². The molecule has 1 aliphatic heterocycles. The molecule has 3 heteroatoms. The molecule has 1 unspecified atom stereocenters. The lowest BCUT2D eigenvalue weighted by atomic mass is 9.89. The molecule has 1 aromatic carbocycles. The van der Waals surface area contributed by atoms with E-state index in [0.29, 0.717) is 6.04 Å². The molecule has 2 aromatic rings. The Balaban J connectivity index is 0.00000121. The molecule has 0 radical (unpaired) electrons. The summed E-state index contributed by atoms with van der Waals surface area (Å²) in [5.74, 6) is 0. The lowest BCUT2D eigenvalue weighted by molar-refractivity contribution is 0.149. The summed E-state index contributed by atoms with van der Waals surface area (Å²) in [6.07, 6.45) is 3.97. The van der Waals surface area contributed by atoms with Gasteiger partial charge in [0.2, 0.25) is 0 Å². The van der Waals surface area contributed by atoms with Crippen molar-refractivity contribution in [1.29, 1.82) is 0 Å². The van der Waals surface area contributed by atoms with Gasteiger partial charge in [0.1, 0.15) is 0 Å². The first-order valence-electron chi connectivity index (χ1n) is 7.66. The van der Waals surface area contributed by atoms with Crippen LogP contribution in [-0.4, -0.2) is 22.6 Å². The van der Waals surface area contributed by atoms with Gasteiger partial charge < -0.3 is 4.57 Å². The number of aromatic nitrogens is 1. The van der Waals surface area contributed by atoms with Gasteiger partial charge in [0.15, 0.2) is 0 Å². The molecule has 0 N–H and O–H groups in total. The standard InChI is InChI=1S/C17H22N2.ClH/c1-3-18-10-11-19-16-12(2)6-4-7-13(16)14-8-5-9-15(18)17(14)19;/h4,6-7,15H,3,5,8-11H2,1-2H3;1H. The van der Waals surface area contributed by atoms with Crippen LogP contribution in [-0.2, 0) is 13.0 Å².